The largest absolute Gasteiger partial charge is 0.347 e. The number of carbonyl (C=O) groups excluding carboxylic acids is 1. The number of aryl methyl sites for hydroxylation is 1. The second-order valence-corrected chi connectivity index (χ2v) is 10.2. The van der Waals surface area contributed by atoms with Gasteiger partial charge in [-0.15, -0.1) is 10.2 Å². The number of benzene rings is 1. The van der Waals surface area contributed by atoms with Crippen LogP contribution in [0.15, 0.2) is 30.7 Å². The minimum absolute atomic E-state index is 0.0858. The minimum atomic E-state index is -0.524. The lowest BCUT2D eigenvalue weighted by Gasteiger charge is -2.32. The van der Waals surface area contributed by atoms with Gasteiger partial charge in [-0.25, -0.2) is 18.7 Å². The summed E-state index contributed by atoms with van der Waals surface area (Å²) in [6, 6.07) is 4.44. The van der Waals surface area contributed by atoms with Crippen LogP contribution in [0.4, 0.5) is 13.9 Å². The number of nitrogens with zero attached hydrogens (tertiary/aromatic N) is 7. The first-order valence-electron chi connectivity index (χ1n) is 11.9. The summed E-state index contributed by atoms with van der Waals surface area (Å²) in [5.74, 6) is -1.22. The van der Waals surface area contributed by atoms with Gasteiger partial charge in [0.25, 0.3) is 5.91 Å². The van der Waals surface area contributed by atoms with Crippen LogP contribution in [0.1, 0.15) is 52.4 Å². The topological polar surface area (TPSA) is 80.0 Å². The van der Waals surface area contributed by atoms with Crippen LogP contribution in [0.3, 0.4) is 0 Å². The molecule has 1 saturated heterocycles. The fraction of sp³-hybridized carbons (Fsp3) is 0.400. The molecule has 3 aromatic heterocycles. The summed E-state index contributed by atoms with van der Waals surface area (Å²) in [6.45, 7) is 3.66. The summed E-state index contributed by atoms with van der Waals surface area (Å²) in [7, 11) is 3.23. The Kier molecular flexibility index (Phi) is 6.65. The van der Waals surface area contributed by atoms with Crippen molar-refractivity contribution < 1.29 is 13.6 Å². The number of piperidine rings is 1. The van der Waals surface area contributed by atoms with Gasteiger partial charge < -0.3 is 14.4 Å². The second kappa shape index (κ2) is 9.88. The lowest BCUT2D eigenvalue weighted by molar-refractivity contribution is 0.0827. The first-order valence-corrected chi connectivity index (χ1v) is 12.7. The van der Waals surface area contributed by atoms with E-state index >= 15 is 4.39 Å². The molecule has 4 heterocycles. The molecular formula is C25H27F2N7OS. The van der Waals surface area contributed by atoms with E-state index in [1.54, 1.807) is 37.6 Å². The highest BCUT2D eigenvalue weighted by Gasteiger charge is 2.26. The molecule has 36 heavy (non-hydrogen) atoms. The Balaban J connectivity index is 1.37. The summed E-state index contributed by atoms with van der Waals surface area (Å²) in [6.07, 6.45) is 5.49. The molecule has 1 fully saturated rings. The number of carbonyl (C=O) groups is 1. The number of halogens is 2. The lowest BCUT2D eigenvalue weighted by atomic mass is 10.0. The molecule has 1 aliphatic heterocycles. The fourth-order valence-corrected chi connectivity index (χ4v) is 5.46. The lowest BCUT2D eigenvalue weighted by Crippen LogP contribution is -2.34. The molecule has 5 rings (SSSR count). The second-order valence-electron chi connectivity index (χ2n) is 9.14. The zero-order valence-electron chi connectivity index (χ0n) is 20.4. The Labute approximate surface area is 211 Å². The first kappa shape index (κ1) is 24.2. The number of hydrogen-bond donors (Lipinski definition) is 0. The van der Waals surface area contributed by atoms with E-state index in [9.17, 15) is 9.18 Å². The van der Waals surface area contributed by atoms with Crippen LogP contribution in [0.2, 0.25) is 0 Å². The van der Waals surface area contributed by atoms with E-state index < -0.39 is 11.6 Å². The van der Waals surface area contributed by atoms with Crippen molar-refractivity contribution in [2.45, 2.75) is 38.6 Å². The maximum atomic E-state index is 15.2. The van der Waals surface area contributed by atoms with Gasteiger partial charge in [0.15, 0.2) is 5.82 Å². The molecule has 1 aliphatic rings. The summed E-state index contributed by atoms with van der Waals surface area (Å²) in [4.78, 5) is 24.4. The van der Waals surface area contributed by atoms with E-state index in [1.165, 1.54) is 23.5 Å². The van der Waals surface area contributed by atoms with Gasteiger partial charge in [-0.1, -0.05) is 24.3 Å². The van der Waals surface area contributed by atoms with E-state index in [0.717, 1.165) is 42.5 Å². The van der Waals surface area contributed by atoms with Gasteiger partial charge in [0.1, 0.15) is 22.8 Å². The van der Waals surface area contributed by atoms with E-state index in [4.69, 9.17) is 0 Å². The molecule has 0 radical (unpaired) electrons. The Morgan fingerprint density at radius 3 is 2.58 bits per heavy atom. The molecule has 0 bridgehead atoms. The third kappa shape index (κ3) is 4.55. The van der Waals surface area contributed by atoms with Crippen molar-refractivity contribution in [3.63, 3.8) is 0 Å². The monoisotopic (exact) mass is 511 g/mol. The molecule has 0 N–H and O–H groups in total. The molecule has 8 nitrogen and oxygen atoms in total. The SMILES string of the molecule is CCc1nnc(N2CCC(n3cc(F)c4c(Cc5ccc(C(=O)N(C)C)cc5F)ncnc43)CC2)s1. The van der Waals surface area contributed by atoms with Gasteiger partial charge in [0.2, 0.25) is 5.13 Å². The van der Waals surface area contributed by atoms with E-state index in [1.807, 2.05) is 4.57 Å². The number of hydrogen-bond acceptors (Lipinski definition) is 7. The molecule has 1 amide bonds. The summed E-state index contributed by atoms with van der Waals surface area (Å²) < 4.78 is 31.9. The molecule has 4 aromatic rings. The van der Waals surface area contributed by atoms with Crippen molar-refractivity contribution in [2.24, 2.45) is 0 Å². The van der Waals surface area contributed by atoms with Crippen LogP contribution < -0.4 is 4.90 Å². The Hall–Kier alpha value is -3.47. The summed E-state index contributed by atoms with van der Waals surface area (Å²) in [5.41, 5.74) is 1.53. The van der Waals surface area contributed by atoms with E-state index in [-0.39, 0.29) is 23.9 Å². The van der Waals surface area contributed by atoms with Crippen molar-refractivity contribution in [1.29, 1.82) is 0 Å². The zero-order valence-corrected chi connectivity index (χ0v) is 21.2. The summed E-state index contributed by atoms with van der Waals surface area (Å²) in [5, 5.41) is 10.8. The van der Waals surface area contributed by atoms with Crippen LogP contribution in [-0.2, 0) is 12.8 Å². The van der Waals surface area contributed by atoms with Crippen LogP contribution in [0.5, 0.6) is 0 Å². The van der Waals surface area contributed by atoms with Gasteiger partial charge >= 0.3 is 0 Å². The van der Waals surface area contributed by atoms with Crippen molar-refractivity contribution in [1.82, 2.24) is 29.6 Å². The van der Waals surface area contributed by atoms with Crippen molar-refractivity contribution in [3.8, 4) is 0 Å². The molecule has 0 aliphatic carbocycles. The van der Waals surface area contributed by atoms with Crippen molar-refractivity contribution in [2.75, 3.05) is 32.1 Å². The molecule has 0 atom stereocenters. The first-order chi connectivity index (χ1) is 17.4. The standard InChI is InChI=1S/C25H27F2N7OS/c1-4-21-30-31-25(36-21)33-9-7-17(8-10-33)34-13-19(27)22-20(28-14-29-23(22)34)12-15-5-6-16(11-18(15)26)24(35)32(2)3/h5-6,11,13-14,17H,4,7-10,12H2,1-3H3. The molecule has 188 valence electrons. The predicted octanol–water partition coefficient (Wildman–Crippen LogP) is 4.26. The van der Waals surface area contributed by atoms with Crippen LogP contribution in [0, 0.1) is 11.6 Å². The predicted molar refractivity (Wildman–Crippen MR) is 134 cm³/mol. The van der Waals surface area contributed by atoms with Gasteiger partial charge in [0, 0.05) is 51.4 Å². The van der Waals surface area contributed by atoms with Gasteiger partial charge in [0.05, 0.1) is 11.1 Å². The minimum Gasteiger partial charge on any atom is -0.347 e. The molecule has 1 aromatic carbocycles. The number of amides is 1. The molecule has 0 saturated carbocycles. The summed E-state index contributed by atoms with van der Waals surface area (Å²) >= 11 is 1.62. The molecule has 0 unspecified atom stereocenters. The van der Waals surface area contributed by atoms with Crippen LogP contribution >= 0.6 is 11.3 Å². The average molecular weight is 512 g/mol. The molecule has 11 heteroatoms. The maximum absolute atomic E-state index is 15.2. The number of rotatable bonds is 6. The molecule has 0 spiro atoms. The van der Waals surface area contributed by atoms with E-state index in [2.05, 4.69) is 32.0 Å². The molecular weight excluding hydrogens is 484 g/mol. The highest BCUT2D eigenvalue weighted by molar-refractivity contribution is 7.15. The van der Waals surface area contributed by atoms with Crippen LogP contribution in [-0.4, -0.2) is 62.7 Å². The third-order valence-electron chi connectivity index (χ3n) is 6.59. The Morgan fingerprint density at radius 2 is 1.92 bits per heavy atom. The van der Waals surface area contributed by atoms with Gasteiger partial charge in [-0.3, -0.25) is 4.79 Å². The van der Waals surface area contributed by atoms with Gasteiger partial charge in [-0.2, -0.15) is 0 Å². The highest BCUT2D eigenvalue weighted by atomic mass is 32.1. The van der Waals surface area contributed by atoms with Crippen LogP contribution in [0.25, 0.3) is 11.0 Å². The fourth-order valence-electron chi connectivity index (χ4n) is 4.63. The average Bonchev–Trinajstić information content (AvgIpc) is 3.50. The number of anilines is 1. The van der Waals surface area contributed by atoms with Crippen molar-refractivity contribution >= 4 is 33.4 Å². The zero-order chi connectivity index (χ0) is 25.4. The maximum Gasteiger partial charge on any atom is 0.253 e. The number of aromatic nitrogens is 5. The Morgan fingerprint density at radius 1 is 1.14 bits per heavy atom. The third-order valence-corrected chi connectivity index (χ3v) is 7.72. The Bertz CT molecular complexity index is 1410. The highest BCUT2D eigenvalue weighted by Crippen LogP contribution is 2.33. The van der Waals surface area contributed by atoms with Gasteiger partial charge in [-0.05, 0) is 37.0 Å². The normalized spacial score (nSPS) is 14.5. The van der Waals surface area contributed by atoms with E-state index in [0.29, 0.717) is 22.3 Å². The quantitative estimate of drug-likeness (QED) is 0.385. The smallest absolute Gasteiger partial charge is 0.253 e. The number of fused-ring (bicyclic) bond motifs is 1. The van der Waals surface area contributed by atoms with Crippen molar-refractivity contribution in [3.05, 3.63) is 64.2 Å².